The molecule has 1 atom stereocenters. The Morgan fingerprint density at radius 3 is 2.40 bits per heavy atom. The Bertz CT molecular complexity index is 302. The number of hydrogen-bond donors (Lipinski definition) is 0. The van der Waals surface area contributed by atoms with E-state index in [1.807, 2.05) is 0 Å². The van der Waals surface area contributed by atoms with Crippen LogP contribution in [0.15, 0.2) is 24.3 Å². The summed E-state index contributed by atoms with van der Waals surface area (Å²) in [4.78, 5) is 0. The zero-order chi connectivity index (χ0) is 10.0. The Labute approximate surface area is 104 Å². The summed E-state index contributed by atoms with van der Waals surface area (Å²) in [6.45, 7) is 3.06. The van der Waals surface area contributed by atoms with Gasteiger partial charge in [-0.25, -0.2) is 0 Å². The predicted molar refractivity (Wildman–Crippen MR) is 62.0 cm³/mol. The van der Waals surface area contributed by atoms with E-state index >= 15 is 0 Å². The van der Waals surface area contributed by atoms with Crippen molar-refractivity contribution in [2.24, 2.45) is 0 Å². The Kier molecular flexibility index (Phi) is 4.61. The SMILES string of the molecule is Cc1ccc([C]2([Sn])CCCCO2)cc1.O. The van der Waals surface area contributed by atoms with E-state index < -0.39 is 0 Å². The summed E-state index contributed by atoms with van der Waals surface area (Å²) in [6.07, 6.45) is 3.72. The molecule has 0 spiro atoms. The Hall–Kier alpha value is -0.0613. The standard InChI is InChI=1S/C12H15O.H2O.Sn/c1-10-5-7-11(8-6-10)12-4-2-3-9-13-12;;/h5-8H,2-4,9H2,1H3;1H2;. The third kappa shape index (κ3) is 2.95. The van der Waals surface area contributed by atoms with Crippen molar-refractivity contribution in [1.29, 1.82) is 0 Å². The van der Waals surface area contributed by atoms with Crippen LogP contribution in [0.25, 0.3) is 0 Å². The molecule has 1 aromatic carbocycles. The monoisotopic (exact) mass is 313 g/mol. The van der Waals surface area contributed by atoms with Crippen molar-refractivity contribution in [3.8, 4) is 0 Å². The van der Waals surface area contributed by atoms with Gasteiger partial charge in [-0.2, -0.15) is 0 Å². The number of aryl methyl sites for hydroxylation is 1. The van der Waals surface area contributed by atoms with E-state index in [-0.39, 0.29) is 9.09 Å². The molecule has 0 aromatic heterocycles. The second-order valence-corrected chi connectivity index (χ2v) is 6.30. The van der Waals surface area contributed by atoms with Gasteiger partial charge in [0.25, 0.3) is 0 Å². The Balaban J connectivity index is 0.00000112. The first-order valence-electron chi connectivity index (χ1n) is 5.17. The predicted octanol–water partition coefficient (Wildman–Crippen LogP) is 1.69. The average Bonchev–Trinajstić information content (AvgIpc) is 2.19. The molecule has 2 N–H and O–H groups in total. The number of ether oxygens (including phenoxy) is 1. The number of rotatable bonds is 1. The maximum Gasteiger partial charge on any atom is -0.412 e. The van der Waals surface area contributed by atoms with Crippen LogP contribution < -0.4 is 0 Å². The molecule has 0 aliphatic carbocycles. The number of benzene rings is 1. The molecular formula is C12H17O2Sn. The van der Waals surface area contributed by atoms with Crippen LogP contribution in [0.1, 0.15) is 30.4 Å². The maximum atomic E-state index is 5.93. The third-order valence-electron chi connectivity index (χ3n) is 2.79. The van der Waals surface area contributed by atoms with E-state index in [0.717, 1.165) is 6.61 Å². The fourth-order valence-electron chi connectivity index (χ4n) is 1.85. The molecule has 15 heavy (non-hydrogen) atoms. The molecule has 1 saturated heterocycles. The molecule has 1 heterocycles. The molecule has 3 radical (unpaired) electrons. The first-order valence-corrected chi connectivity index (χ1v) is 6.59. The van der Waals surface area contributed by atoms with Gasteiger partial charge in [0.2, 0.25) is 0 Å². The first-order chi connectivity index (χ1) is 6.71. The molecule has 1 fully saturated rings. The third-order valence-corrected chi connectivity index (χ3v) is 4.74. The minimum atomic E-state index is 0. The van der Waals surface area contributed by atoms with Crippen molar-refractivity contribution in [2.45, 2.75) is 29.8 Å². The van der Waals surface area contributed by atoms with Crippen molar-refractivity contribution < 1.29 is 10.2 Å². The van der Waals surface area contributed by atoms with Crippen LogP contribution in [0.3, 0.4) is 0 Å². The van der Waals surface area contributed by atoms with Gasteiger partial charge in [0.15, 0.2) is 0 Å². The van der Waals surface area contributed by atoms with Crippen LogP contribution in [-0.4, -0.2) is 34.6 Å². The van der Waals surface area contributed by atoms with Crippen LogP contribution in [0.4, 0.5) is 0 Å². The van der Waals surface area contributed by atoms with E-state index in [1.54, 1.807) is 0 Å². The van der Waals surface area contributed by atoms with Crippen molar-refractivity contribution in [2.75, 3.05) is 6.61 Å². The minimum absolute atomic E-state index is 0. The van der Waals surface area contributed by atoms with Gasteiger partial charge in [0, 0.05) is 0 Å². The van der Waals surface area contributed by atoms with Crippen LogP contribution in [-0.2, 0) is 8.35 Å². The van der Waals surface area contributed by atoms with E-state index in [0.29, 0.717) is 0 Å². The van der Waals surface area contributed by atoms with Crippen LogP contribution in [0, 0.1) is 6.92 Å². The molecule has 2 nitrogen and oxygen atoms in total. The summed E-state index contributed by atoms with van der Waals surface area (Å²) in [5.74, 6) is 0. The van der Waals surface area contributed by atoms with Gasteiger partial charge < -0.3 is 5.48 Å². The second-order valence-electron chi connectivity index (χ2n) is 4.00. The summed E-state index contributed by atoms with van der Waals surface area (Å²) in [5.41, 5.74) is 2.69. The van der Waals surface area contributed by atoms with Crippen molar-refractivity contribution in [3.63, 3.8) is 0 Å². The van der Waals surface area contributed by atoms with Gasteiger partial charge in [-0.1, -0.05) is 0 Å². The Morgan fingerprint density at radius 2 is 1.87 bits per heavy atom. The molecule has 81 valence electrons. The molecule has 0 amide bonds. The molecule has 3 heteroatoms. The van der Waals surface area contributed by atoms with Crippen molar-refractivity contribution in [1.82, 2.24) is 0 Å². The summed E-state index contributed by atoms with van der Waals surface area (Å²) < 4.78 is 5.99. The van der Waals surface area contributed by atoms with E-state index in [1.165, 1.54) is 52.9 Å². The molecule has 1 aromatic rings. The van der Waals surface area contributed by atoms with Gasteiger partial charge in [-0.3, -0.25) is 0 Å². The molecule has 0 saturated carbocycles. The molecule has 0 bridgehead atoms. The first kappa shape index (κ1) is 13.0. The Morgan fingerprint density at radius 1 is 1.20 bits per heavy atom. The summed E-state index contributed by atoms with van der Waals surface area (Å²) in [5, 5.41) is 0. The maximum absolute atomic E-state index is 5.93. The molecule has 1 unspecified atom stereocenters. The topological polar surface area (TPSA) is 40.7 Å². The van der Waals surface area contributed by atoms with Gasteiger partial charge in [-0.15, -0.1) is 0 Å². The molecular weight excluding hydrogens is 295 g/mol. The van der Waals surface area contributed by atoms with Crippen molar-refractivity contribution >= 4 is 22.5 Å². The zero-order valence-electron chi connectivity index (χ0n) is 9.05. The summed E-state index contributed by atoms with van der Waals surface area (Å²) >= 11 is 1.48. The quantitative estimate of drug-likeness (QED) is 0.728. The van der Waals surface area contributed by atoms with Crippen LogP contribution >= 0.6 is 0 Å². The van der Waals surface area contributed by atoms with Crippen molar-refractivity contribution in [3.05, 3.63) is 35.4 Å². The average molecular weight is 312 g/mol. The van der Waals surface area contributed by atoms with Crippen LogP contribution in [0.5, 0.6) is 0 Å². The zero-order valence-corrected chi connectivity index (χ0v) is 11.9. The number of hydrogen-bond acceptors (Lipinski definition) is 1. The molecule has 1 aliphatic heterocycles. The van der Waals surface area contributed by atoms with Gasteiger partial charge in [0.05, 0.1) is 0 Å². The van der Waals surface area contributed by atoms with Gasteiger partial charge in [0.1, 0.15) is 0 Å². The van der Waals surface area contributed by atoms with E-state index in [4.69, 9.17) is 4.74 Å². The largest absolute Gasteiger partial charge is 0.412 e. The van der Waals surface area contributed by atoms with Gasteiger partial charge >= 0.3 is 99.1 Å². The summed E-state index contributed by atoms with van der Waals surface area (Å²) in [7, 11) is 0. The van der Waals surface area contributed by atoms with Gasteiger partial charge in [-0.05, 0) is 0 Å². The molecule has 1 aliphatic rings. The minimum Gasteiger partial charge on any atom is -0.412 e. The van der Waals surface area contributed by atoms with E-state index in [9.17, 15) is 0 Å². The second kappa shape index (κ2) is 5.32. The smallest absolute Gasteiger partial charge is 0.412 e. The fraction of sp³-hybridized carbons (Fsp3) is 0.500. The normalized spacial score (nSPS) is 25.7. The van der Waals surface area contributed by atoms with Crippen LogP contribution in [0.2, 0.25) is 0 Å². The van der Waals surface area contributed by atoms with E-state index in [2.05, 4.69) is 31.2 Å². The molecule has 2 rings (SSSR count). The fourth-order valence-corrected chi connectivity index (χ4v) is 3.12. The summed E-state index contributed by atoms with van der Waals surface area (Å²) in [6, 6.07) is 8.79.